The van der Waals surface area contributed by atoms with Gasteiger partial charge >= 0.3 is 5.97 Å². The molecule has 0 aliphatic carbocycles. The standard InChI is InChI=1S/C25H20N2O4/c1-25(2,3)31-24(30)14-8-6-10-18-21(14)23(29)16-12-19-15(11-20(16)27-18)22(28)13-7-4-5-9-17(13)26-19/h4-12H,1-3H3,(H,26,28)(H,27,29). The predicted molar refractivity (Wildman–Crippen MR) is 123 cm³/mol. The molecule has 154 valence electrons. The third-order valence-electron chi connectivity index (χ3n) is 5.27. The van der Waals surface area contributed by atoms with Gasteiger partial charge < -0.3 is 14.7 Å². The van der Waals surface area contributed by atoms with Crippen molar-refractivity contribution in [2.24, 2.45) is 0 Å². The fourth-order valence-corrected chi connectivity index (χ4v) is 3.95. The van der Waals surface area contributed by atoms with Crippen LogP contribution in [0.1, 0.15) is 31.1 Å². The molecule has 31 heavy (non-hydrogen) atoms. The number of nitrogens with one attached hydrogen (secondary N) is 2. The number of fused-ring (bicyclic) bond motifs is 4. The molecule has 6 heteroatoms. The van der Waals surface area contributed by atoms with Gasteiger partial charge in [-0.2, -0.15) is 0 Å². The molecule has 0 aliphatic heterocycles. The first-order valence-corrected chi connectivity index (χ1v) is 10.00. The molecule has 2 aromatic heterocycles. The number of aromatic amines is 2. The molecule has 0 atom stereocenters. The van der Waals surface area contributed by atoms with E-state index in [1.165, 1.54) is 0 Å². The average Bonchev–Trinajstić information content (AvgIpc) is 2.72. The summed E-state index contributed by atoms with van der Waals surface area (Å²) in [6, 6.07) is 15.6. The summed E-state index contributed by atoms with van der Waals surface area (Å²) in [5.41, 5.74) is 1.45. The first-order valence-electron chi connectivity index (χ1n) is 10.00. The number of esters is 1. The largest absolute Gasteiger partial charge is 0.456 e. The van der Waals surface area contributed by atoms with Gasteiger partial charge in [-0.15, -0.1) is 0 Å². The lowest BCUT2D eigenvalue weighted by Crippen LogP contribution is -2.24. The van der Waals surface area contributed by atoms with Gasteiger partial charge in [0.05, 0.1) is 27.5 Å². The molecule has 0 saturated heterocycles. The van der Waals surface area contributed by atoms with Gasteiger partial charge in [0.2, 0.25) is 0 Å². The lowest BCUT2D eigenvalue weighted by molar-refractivity contribution is 0.00718. The van der Waals surface area contributed by atoms with Crippen LogP contribution in [0.5, 0.6) is 0 Å². The second-order valence-corrected chi connectivity index (χ2v) is 8.63. The lowest BCUT2D eigenvalue weighted by atomic mass is 10.0. The Morgan fingerprint density at radius 2 is 1.35 bits per heavy atom. The van der Waals surface area contributed by atoms with Crippen LogP contribution in [0.4, 0.5) is 0 Å². The summed E-state index contributed by atoms with van der Waals surface area (Å²) in [7, 11) is 0. The number of H-pyrrole nitrogens is 2. The van der Waals surface area contributed by atoms with Crippen LogP contribution in [0.25, 0.3) is 43.6 Å². The van der Waals surface area contributed by atoms with Gasteiger partial charge in [-0.1, -0.05) is 18.2 Å². The number of pyridine rings is 2. The summed E-state index contributed by atoms with van der Waals surface area (Å²) in [6.07, 6.45) is 0. The van der Waals surface area contributed by atoms with E-state index in [0.29, 0.717) is 38.2 Å². The first kappa shape index (κ1) is 19.1. The summed E-state index contributed by atoms with van der Waals surface area (Å²) in [5, 5.41) is 1.74. The van der Waals surface area contributed by atoms with Gasteiger partial charge in [0.25, 0.3) is 0 Å². The molecule has 2 N–H and O–H groups in total. The van der Waals surface area contributed by atoms with E-state index < -0.39 is 11.6 Å². The SMILES string of the molecule is CC(C)(C)OC(=O)c1cccc2[nH]c3cc4c(=O)c5ccccc5[nH]c4cc3c(=O)c12. The summed E-state index contributed by atoms with van der Waals surface area (Å²) in [4.78, 5) is 45.6. The molecule has 5 rings (SSSR count). The van der Waals surface area contributed by atoms with Gasteiger partial charge in [-0.05, 0) is 57.2 Å². The molecule has 2 heterocycles. The minimum atomic E-state index is -0.681. The number of hydrogen-bond acceptors (Lipinski definition) is 4. The maximum Gasteiger partial charge on any atom is 0.339 e. The van der Waals surface area contributed by atoms with Gasteiger partial charge in [0.15, 0.2) is 10.9 Å². The van der Waals surface area contributed by atoms with Crippen LogP contribution < -0.4 is 10.9 Å². The van der Waals surface area contributed by atoms with Crippen LogP contribution in [0.15, 0.2) is 64.2 Å². The monoisotopic (exact) mass is 412 g/mol. The van der Waals surface area contributed by atoms with Crippen LogP contribution in [0, 0.1) is 0 Å². The Labute approximate surface area is 176 Å². The zero-order valence-electron chi connectivity index (χ0n) is 17.3. The summed E-state index contributed by atoms with van der Waals surface area (Å²) >= 11 is 0. The van der Waals surface area contributed by atoms with Gasteiger partial charge in [0, 0.05) is 21.7 Å². The van der Waals surface area contributed by atoms with Crippen molar-refractivity contribution in [2.45, 2.75) is 26.4 Å². The lowest BCUT2D eigenvalue weighted by Gasteiger charge is -2.20. The number of carbonyl (C=O) groups is 1. The minimum absolute atomic E-state index is 0.102. The van der Waals surface area contributed by atoms with E-state index >= 15 is 0 Å². The van der Waals surface area contributed by atoms with Gasteiger partial charge in [-0.25, -0.2) is 4.79 Å². The molecular weight excluding hydrogens is 392 g/mol. The van der Waals surface area contributed by atoms with Crippen molar-refractivity contribution < 1.29 is 9.53 Å². The summed E-state index contributed by atoms with van der Waals surface area (Å²) < 4.78 is 5.49. The number of ether oxygens (including phenoxy) is 1. The Balaban J connectivity index is 1.86. The number of carbonyl (C=O) groups excluding carboxylic acids is 1. The highest BCUT2D eigenvalue weighted by Gasteiger charge is 2.22. The fourth-order valence-electron chi connectivity index (χ4n) is 3.95. The molecule has 6 nitrogen and oxygen atoms in total. The molecule has 0 unspecified atom stereocenters. The van der Waals surface area contributed by atoms with E-state index in [2.05, 4.69) is 9.97 Å². The Morgan fingerprint density at radius 3 is 2.06 bits per heavy atom. The van der Waals surface area contributed by atoms with Crippen molar-refractivity contribution in [1.29, 1.82) is 0 Å². The average molecular weight is 412 g/mol. The van der Waals surface area contributed by atoms with Crippen LogP contribution in [0.3, 0.4) is 0 Å². The maximum absolute atomic E-state index is 13.5. The predicted octanol–water partition coefficient (Wildman–Crippen LogP) is 4.63. The van der Waals surface area contributed by atoms with Crippen LogP contribution in [-0.2, 0) is 4.74 Å². The smallest absolute Gasteiger partial charge is 0.339 e. The summed E-state index contributed by atoms with van der Waals surface area (Å²) in [5.74, 6) is -0.553. The van der Waals surface area contributed by atoms with Crippen molar-refractivity contribution in [2.75, 3.05) is 0 Å². The Kier molecular flexibility index (Phi) is 4.02. The van der Waals surface area contributed by atoms with E-state index in [9.17, 15) is 14.4 Å². The molecule has 0 spiro atoms. The highest BCUT2D eigenvalue weighted by atomic mass is 16.6. The Hall–Kier alpha value is -3.93. The van der Waals surface area contributed by atoms with E-state index in [1.807, 2.05) is 18.2 Å². The molecule has 0 bridgehead atoms. The van der Waals surface area contributed by atoms with Crippen LogP contribution in [-0.4, -0.2) is 21.5 Å². The first-order chi connectivity index (χ1) is 14.7. The molecule has 0 aliphatic rings. The minimum Gasteiger partial charge on any atom is -0.456 e. The van der Waals surface area contributed by atoms with E-state index in [0.717, 1.165) is 0 Å². The molecule has 0 amide bonds. The molecule has 0 saturated carbocycles. The number of para-hydroxylation sites is 1. The van der Waals surface area contributed by atoms with Crippen LogP contribution in [0.2, 0.25) is 0 Å². The number of hydrogen-bond donors (Lipinski definition) is 2. The number of rotatable bonds is 1. The normalized spacial score (nSPS) is 12.1. The second kappa shape index (κ2) is 6.54. The second-order valence-electron chi connectivity index (χ2n) is 8.63. The van der Waals surface area contributed by atoms with E-state index in [-0.39, 0.29) is 21.8 Å². The van der Waals surface area contributed by atoms with E-state index in [4.69, 9.17) is 4.74 Å². The van der Waals surface area contributed by atoms with E-state index in [1.54, 1.807) is 57.2 Å². The Morgan fingerprint density at radius 1 is 0.742 bits per heavy atom. The Bertz CT molecular complexity index is 1650. The molecule has 5 aromatic rings. The van der Waals surface area contributed by atoms with Gasteiger partial charge in [0.1, 0.15) is 5.60 Å². The molecule has 3 aromatic carbocycles. The highest BCUT2D eigenvalue weighted by Crippen LogP contribution is 2.24. The quantitative estimate of drug-likeness (QED) is 0.310. The molecular formula is C25H20N2O4. The van der Waals surface area contributed by atoms with Crippen molar-refractivity contribution >= 4 is 49.6 Å². The number of aromatic nitrogens is 2. The van der Waals surface area contributed by atoms with Crippen molar-refractivity contribution in [3.8, 4) is 0 Å². The van der Waals surface area contributed by atoms with Crippen molar-refractivity contribution in [3.63, 3.8) is 0 Å². The topological polar surface area (TPSA) is 92.0 Å². The van der Waals surface area contributed by atoms with Crippen LogP contribution >= 0.6 is 0 Å². The molecule has 0 radical (unpaired) electrons. The van der Waals surface area contributed by atoms with Crippen molar-refractivity contribution in [3.05, 3.63) is 80.6 Å². The maximum atomic E-state index is 13.5. The van der Waals surface area contributed by atoms with Crippen molar-refractivity contribution in [1.82, 2.24) is 9.97 Å². The number of benzene rings is 3. The third kappa shape index (κ3) is 3.08. The fraction of sp³-hybridized carbons (Fsp3) is 0.160. The zero-order valence-corrected chi connectivity index (χ0v) is 17.3. The van der Waals surface area contributed by atoms with Gasteiger partial charge in [-0.3, -0.25) is 9.59 Å². The third-order valence-corrected chi connectivity index (χ3v) is 5.27. The zero-order chi connectivity index (χ0) is 21.9. The summed E-state index contributed by atoms with van der Waals surface area (Å²) in [6.45, 7) is 5.34. The highest BCUT2D eigenvalue weighted by molar-refractivity contribution is 6.08. The molecule has 0 fully saturated rings.